The summed E-state index contributed by atoms with van der Waals surface area (Å²) in [5.74, 6) is 1.69. The van der Waals surface area contributed by atoms with Crippen LogP contribution in [0.2, 0.25) is 0 Å². The van der Waals surface area contributed by atoms with E-state index in [0.29, 0.717) is 6.61 Å². The molecule has 5 nitrogen and oxygen atoms in total. The molecule has 1 aliphatic rings. The first-order valence-electron chi connectivity index (χ1n) is 7.54. The standard InChI is InChI=1S/C16H22N4O/c1-11(2)20-16(18-10-19-20)9-21-13-7-6-12-4-3-5-15(17)14(12)8-13/h6-8,10-11,15H,3-5,9,17H2,1-2H3/t15-/m0/s1. The van der Waals surface area contributed by atoms with Crippen molar-refractivity contribution in [2.24, 2.45) is 5.73 Å². The van der Waals surface area contributed by atoms with E-state index in [1.165, 1.54) is 17.5 Å². The number of benzene rings is 1. The highest BCUT2D eigenvalue weighted by Crippen LogP contribution is 2.31. The average molecular weight is 286 g/mol. The fraction of sp³-hybridized carbons (Fsp3) is 0.500. The minimum absolute atomic E-state index is 0.136. The number of nitrogens with two attached hydrogens (primary N) is 1. The predicted octanol–water partition coefficient (Wildman–Crippen LogP) is 2.77. The molecule has 0 saturated heterocycles. The molecule has 21 heavy (non-hydrogen) atoms. The third-order valence-electron chi connectivity index (χ3n) is 3.98. The average Bonchev–Trinajstić information content (AvgIpc) is 2.94. The van der Waals surface area contributed by atoms with Gasteiger partial charge in [-0.25, -0.2) is 9.67 Å². The molecule has 1 aromatic heterocycles. The van der Waals surface area contributed by atoms with Crippen molar-refractivity contribution in [2.75, 3.05) is 0 Å². The molecule has 0 amide bonds. The molecule has 2 aromatic rings. The number of rotatable bonds is 4. The van der Waals surface area contributed by atoms with Crippen LogP contribution in [0.3, 0.4) is 0 Å². The Morgan fingerprint density at radius 1 is 1.43 bits per heavy atom. The summed E-state index contributed by atoms with van der Waals surface area (Å²) in [5, 5.41) is 4.22. The molecule has 1 atom stereocenters. The highest BCUT2D eigenvalue weighted by atomic mass is 16.5. The number of hydrogen-bond acceptors (Lipinski definition) is 4. The van der Waals surface area contributed by atoms with Crippen LogP contribution in [0.4, 0.5) is 0 Å². The smallest absolute Gasteiger partial charge is 0.165 e. The molecule has 5 heteroatoms. The van der Waals surface area contributed by atoms with Crippen molar-refractivity contribution < 1.29 is 4.74 Å². The second-order valence-corrected chi connectivity index (χ2v) is 5.86. The van der Waals surface area contributed by atoms with Crippen LogP contribution in [0.25, 0.3) is 0 Å². The second kappa shape index (κ2) is 5.85. The Labute approximate surface area is 125 Å². The zero-order valence-electron chi connectivity index (χ0n) is 12.6. The maximum atomic E-state index is 6.19. The van der Waals surface area contributed by atoms with Gasteiger partial charge in [0.2, 0.25) is 0 Å². The predicted molar refractivity (Wildman–Crippen MR) is 81.0 cm³/mol. The van der Waals surface area contributed by atoms with Gasteiger partial charge in [0.25, 0.3) is 0 Å². The zero-order chi connectivity index (χ0) is 14.8. The molecule has 0 spiro atoms. The van der Waals surface area contributed by atoms with Crippen LogP contribution in [0.15, 0.2) is 24.5 Å². The maximum absolute atomic E-state index is 6.19. The van der Waals surface area contributed by atoms with E-state index in [9.17, 15) is 0 Å². The lowest BCUT2D eigenvalue weighted by atomic mass is 9.88. The summed E-state index contributed by atoms with van der Waals surface area (Å²) < 4.78 is 7.76. The number of aryl methyl sites for hydroxylation is 1. The quantitative estimate of drug-likeness (QED) is 0.938. The lowest BCUT2D eigenvalue weighted by Gasteiger charge is -2.22. The summed E-state index contributed by atoms with van der Waals surface area (Å²) >= 11 is 0. The van der Waals surface area contributed by atoms with E-state index in [-0.39, 0.29) is 12.1 Å². The first-order chi connectivity index (χ1) is 10.1. The van der Waals surface area contributed by atoms with Crippen molar-refractivity contribution in [3.05, 3.63) is 41.5 Å². The van der Waals surface area contributed by atoms with Crippen LogP contribution in [-0.2, 0) is 13.0 Å². The summed E-state index contributed by atoms with van der Waals surface area (Å²) in [5.41, 5.74) is 8.77. The van der Waals surface area contributed by atoms with Gasteiger partial charge in [0, 0.05) is 12.1 Å². The van der Waals surface area contributed by atoms with Gasteiger partial charge < -0.3 is 10.5 Å². The Morgan fingerprint density at radius 2 is 2.29 bits per heavy atom. The Balaban J connectivity index is 1.74. The Kier molecular flexibility index (Phi) is 3.92. The summed E-state index contributed by atoms with van der Waals surface area (Å²) in [7, 11) is 0. The Bertz CT molecular complexity index is 620. The fourth-order valence-electron chi connectivity index (χ4n) is 2.86. The van der Waals surface area contributed by atoms with E-state index in [4.69, 9.17) is 10.5 Å². The molecule has 0 aliphatic heterocycles. The Morgan fingerprint density at radius 3 is 3.10 bits per heavy atom. The van der Waals surface area contributed by atoms with Gasteiger partial charge in [-0.3, -0.25) is 0 Å². The summed E-state index contributed by atoms with van der Waals surface area (Å²) in [4.78, 5) is 4.26. The van der Waals surface area contributed by atoms with E-state index in [0.717, 1.165) is 24.4 Å². The van der Waals surface area contributed by atoms with Gasteiger partial charge in [-0.1, -0.05) is 6.07 Å². The van der Waals surface area contributed by atoms with Gasteiger partial charge in [0.1, 0.15) is 18.7 Å². The normalized spacial score (nSPS) is 17.8. The third kappa shape index (κ3) is 2.93. The second-order valence-electron chi connectivity index (χ2n) is 5.86. The van der Waals surface area contributed by atoms with Crippen LogP contribution in [0.5, 0.6) is 5.75 Å². The molecule has 0 saturated carbocycles. The van der Waals surface area contributed by atoms with Crippen molar-refractivity contribution in [2.45, 2.75) is 51.8 Å². The van der Waals surface area contributed by atoms with Gasteiger partial charge in [-0.15, -0.1) is 0 Å². The van der Waals surface area contributed by atoms with Gasteiger partial charge in [0.15, 0.2) is 5.82 Å². The van der Waals surface area contributed by atoms with Crippen molar-refractivity contribution >= 4 is 0 Å². The van der Waals surface area contributed by atoms with Gasteiger partial charge in [-0.2, -0.15) is 5.10 Å². The monoisotopic (exact) mass is 286 g/mol. The van der Waals surface area contributed by atoms with E-state index < -0.39 is 0 Å². The van der Waals surface area contributed by atoms with Gasteiger partial charge in [0.05, 0.1) is 0 Å². The molecule has 2 N–H and O–H groups in total. The molecule has 0 unspecified atom stereocenters. The number of hydrogen-bond donors (Lipinski definition) is 1. The molecule has 1 aromatic carbocycles. The van der Waals surface area contributed by atoms with Crippen LogP contribution < -0.4 is 10.5 Å². The van der Waals surface area contributed by atoms with Crippen LogP contribution in [0.1, 0.15) is 55.7 Å². The Hall–Kier alpha value is -1.88. The molecule has 1 aliphatic carbocycles. The van der Waals surface area contributed by atoms with Crippen LogP contribution >= 0.6 is 0 Å². The van der Waals surface area contributed by atoms with Gasteiger partial charge >= 0.3 is 0 Å². The topological polar surface area (TPSA) is 66.0 Å². The SMILES string of the molecule is CC(C)n1ncnc1COc1ccc2c(c1)[C@@H](N)CCC2. The molecule has 0 fully saturated rings. The minimum atomic E-state index is 0.136. The van der Waals surface area contributed by atoms with Crippen LogP contribution in [-0.4, -0.2) is 14.8 Å². The maximum Gasteiger partial charge on any atom is 0.165 e. The van der Waals surface area contributed by atoms with Crippen molar-refractivity contribution in [1.29, 1.82) is 0 Å². The van der Waals surface area contributed by atoms with E-state index >= 15 is 0 Å². The van der Waals surface area contributed by atoms with E-state index in [2.05, 4.69) is 36.1 Å². The third-order valence-corrected chi connectivity index (χ3v) is 3.98. The minimum Gasteiger partial charge on any atom is -0.486 e. The van der Waals surface area contributed by atoms with Crippen molar-refractivity contribution in [3.8, 4) is 5.75 Å². The molecular weight excluding hydrogens is 264 g/mol. The van der Waals surface area contributed by atoms with Crippen molar-refractivity contribution in [1.82, 2.24) is 14.8 Å². The number of ether oxygens (including phenoxy) is 1. The van der Waals surface area contributed by atoms with Crippen molar-refractivity contribution in [3.63, 3.8) is 0 Å². The van der Waals surface area contributed by atoms with Gasteiger partial charge in [-0.05, 0) is 56.4 Å². The zero-order valence-corrected chi connectivity index (χ0v) is 12.6. The molecule has 112 valence electrons. The van der Waals surface area contributed by atoms with Crippen LogP contribution in [0, 0.1) is 0 Å². The highest BCUT2D eigenvalue weighted by Gasteiger charge is 2.17. The fourth-order valence-corrected chi connectivity index (χ4v) is 2.86. The lowest BCUT2D eigenvalue weighted by molar-refractivity contribution is 0.281. The lowest BCUT2D eigenvalue weighted by Crippen LogP contribution is -2.17. The molecule has 0 bridgehead atoms. The van der Waals surface area contributed by atoms with E-state index in [1.807, 2.05) is 10.7 Å². The first-order valence-corrected chi connectivity index (χ1v) is 7.54. The summed E-state index contributed by atoms with van der Waals surface area (Å²) in [6, 6.07) is 6.65. The molecule has 0 radical (unpaired) electrons. The number of nitrogens with zero attached hydrogens (tertiary/aromatic N) is 3. The van der Waals surface area contributed by atoms with E-state index in [1.54, 1.807) is 6.33 Å². The number of fused-ring (bicyclic) bond motifs is 1. The molecule has 3 rings (SSSR count). The molecular formula is C16H22N4O. The first kappa shape index (κ1) is 14.1. The highest BCUT2D eigenvalue weighted by molar-refractivity contribution is 5.39. The summed E-state index contributed by atoms with van der Waals surface area (Å²) in [6.07, 6.45) is 4.91. The molecule has 1 heterocycles. The number of aromatic nitrogens is 3. The summed E-state index contributed by atoms with van der Waals surface area (Å²) in [6.45, 7) is 4.58. The largest absolute Gasteiger partial charge is 0.486 e.